The fourth-order valence-electron chi connectivity index (χ4n) is 3.29. The Morgan fingerprint density at radius 3 is 2.92 bits per heavy atom. The van der Waals surface area contributed by atoms with E-state index in [4.69, 9.17) is 4.52 Å². The Balaban J connectivity index is 1.45. The molecule has 2 aliphatic heterocycles. The molecule has 1 N–H and O–H groups in total. The van der Waals surface area contributed by atoms with Crippen molar-refractivity contribution in [2.45, 2.75) is 21.3 Å². The number of hydrogen-bond donors (Lipinski definition) is 1. The summed E-state index contributed by atoms with van der Waals surface area (Å²) in [5, 5.41) is 6.77. The van der Waals surface area contributed by atoms with Crippen LogP contribution in [0.15, 0.2) is 45.8 Å². The van der Waals surface area contributed by atoms with Gasteiger partial charge in [-0.25, -0.2) is 8.42 Å². The van der Waals surface area contributed by atoms with Crippen molar-refractivity contribution in [3.8, 4) is 10.6 Å². The van der Waals surface area contributed by atoms with Gasteiger partial charge in [0.2, 0.25) is 5.91 Å². The number of rotatable bonds is 5. The van der Waals surface area contributed by atoms with Crippen molar-refractivity contribution < 1.29 is 17.7 Å². The topological polar surface area (TPSA) is 92.5 Å². The molecule has 0 bridgehead atoms. The zero-order valence-corrected chi connectivity index (χ0v) is 16.1. The molecule has 4 heterocycles. The number of nitrogens with one attached hydrogen (secondary N) is 1. The normalized spacial score (nSPS) is 25.9. The molecule has 4 rings (SSSR count). The number of carbonyl (C=O) groups excluding carboxylic acids is 1. The fraction of sp³-hybridized carbons (Fsp3) is 0.375. The molecule has 3 unspecified atom stereocenters. The molecule has 26 heavy (non-hydrogen) atoms. The second-order valence-corrected chi connectivity index (χ2v) is 10.9. The lowest BCUT2D eigenvalue weighted by Crippen LogP contribution is -2.33. The summed E-state index contributed by atoms with van der Waals surface area (Å²) in [6, 6.07) is 5.06. The van der Waals surface area contributed by atoms with Crippen LogP contribution in [0.4, 0.5) is 0 Å². The van der Waals surface area contributed by atoms with Crippen LogP contribution in [0.25, 0.3) is 10.6 Å². The van der Waals surface area contributed by atoms with Crippen molar-refractivity contribution in [2.24, 2.45) is 5.92 Å². The average molecular weight is 412 g/mol. The Hall–Kier alpha value is -1.62. The second kappa shape index (κ2) is 6.84. The number of hydrogen-bond acceptors (Lipinski definition) is 7. The lowest BCUT2D eigenvalue weighted by molar-refractivity contribution is -0.116. The standard InChI is InChI=1S/C16H17N3O4S3/c1-2-14(20)18-15-7-10-8-19(9-13(10)24-15)26(21,22)16-4-3-12(25-16)11-5-6-17-23-11/h2-6,10,13,15H,1,7-9H2,(H,18,20). The Morgan fingerprint density at radius 1 is 1.38 bits per heavy atom. The minimum absolute atomic E-state index is 0.0279. The highest BCUT2D eigenvalue weighted by Crippen LogP contribution is 2.44. The first kappa shape index (κ1) is 17.8. The maximum atomic E-state index is 13.0. The molecule has 7 nitrogen and oxygen atoms in total. The molecule has 0 radical (unpaired) electrons. The number of thiophene rings is 1. The van der Waals surface area contributed by atoms with Crippen LogP contribution in [0.5, 0.6) is 0 Å². The predicted molar refractivity (Wildman–Crippen MR) is 100 cm³/mol. The van der Waals surface area contributed by atoms with Crippen LogP contribution >= 0.6 is 23.1 Å². The molecule has 2 aromatic rings. The lowest BCUT2D eigenvalue weighted by Gasteiger charge is -2.18. The summed E-state index contributed by atoms with van der Waals surface area (Å²) >= 11 is 2.82. The lowest BCUT2D eigenvalue weighted by atomic mass is 10.1. The minimum Gasteiger partial charge on any atom is -0.355 e. The van der Waals surface area contributed by atoms with Gasteiger partial charge in [0.25, 0.3) is 10.0 Å². The molecule has 138 valence electrons. The van der Waals surface area contributed by atoms with Crippen molar-refractivity contribution in [1.29, 1.82) is 0 Å². The zero-order chi connectivity index (χ0) is 18.3. The molecule has 2 fully saturated rings. The maximum Gasteiger partial charge on any atom is 0.252 e. The molecule has 10 heteroatoms. The van der Waals surface area contributed by atoms with E-state index in [2.05, 4.69) is 17.1 Å². The van der Waals surface area contributed by atoms with Crippen molar-refractivity contribution in [3.63, 3.8) is 0 Å². The van der Waals surface area contributed by atoms with Crippen LogP contribution in [0.2, 0.25) is 0 Å². The van der Waals surface area contributed by atoms with E-state index < -0.39 is 10.0 Å². The van der Waals surface area contributed by atoms with E-state index >= 15 is 0 Å². The van der Waals surface area contributed by atoms with Gasteiger partial charge < -0.3 is 9.84 Å². The van der Waals surface area contributed by atoms with Gasteiger partial charge in [-0.3, -0.25) is 4.79 Å². The molecule has 2 aliphatic rings. The van der Waals surface area contributed by atoms with Gasteiger partial charge in [0.15, 0.2) is 5.76 Å². The number of thioether (sulfide) groups is 1. The van der Waals surface area contributed by atoms with Crippen LogP contribution in [0.3, 0.4) is 0 Å². The van der Waals surface area contributed by atoms with Gasteiger partial charge in [-0.2, -0.15) is 4.31 Å². The smallest absolute Gasteiger partial charge is 0.252 e. The molecule has 2 saturated heterocycles. The van der Waals surface area contributed by atoms with Crippen molar-refractivity contribution in [3.05, 3.63) is 37.1 Å². The molecule has 0 spiro atoms. The van der Waals surface area contributed by atoms with E-state index in [0.717, 1.165) is 11.3 Å². The van der Waals surface area contributed by atoms with E-state index in [1.54, 1.807) is 34.3 Å². The number of sulfonamides is 1. The van der Waals surface area contributed by atoms with Crippen LogP contribution in [0.1, 0.15) is 6.42 Å². The van der Waals surface area contributed by atoms with E-state index in [9.17, 15) is 13.2 Å². The summed E-state index contributed by atoms with van der Waals surface area (Å²) in [6.45, 7) is 4.40. The Kier molecular flexibility index (Phi) is 4.68. The van der Waals surface area contributed by atoms with Gasteiger partial charge in [0.1, 0.15) is 4.21 Å². The summed E-state index contributed by atoms with van der Waals surface area (Å²) in [5.41, 5.74) is 0. The van der Waals surface area contributed by atoms with Gasteiger partial charge in [-0.15, -0.1) is 23.1 Å². The van der Waals surface area contributed by atoms with Crippen LogP contribution in [-0.4, -0.2) is 47.5 Å². The Labute approximate surface area is 159 Å². The third-order valence-electron chi connectivity index (χ3n) is 4.55. The molecule has 0 aliphatic carbocycles. The first-order valence-electron chi connectivity index (χ1n) is 8.07. The highest BCUT2D eigenvalue weighted by Gasteiger charge is 2.46. The molecule has 1 amide bonds. The largest absolute Gasteiger partial charge is 0.355 e. The van der Waals surface area contributed by atoms with Crippen LogP contribution in [0, 0.1) is 5.92 Å². The van der Waals surface area contributed by atoms with E-state index in [-0.39, 0.29) is 22.4 Å². The monoisotopic (exact) mass is 411 g/mol. The highest BCUT2D eigenvalue weighted by atomic mass is 32.2. The third kappa shape index (κ3) is 3.22. The van der Waals surface area contributed by atoms with Crippen molar-refractivity contribution in [1.82, 2.24) is 14.8 Å². The van der Waals surface area contributed by atoms with E-state index in [1.807, 2.05) is 0 Å². The summed E-state index contributed by atoms with van der Waals surface area (Å²) in [7, 11) is -3.52. The summed E-state index contributed by atoms with van der Waals surface area (Å²) in [5.74, 6) is 0.621. The van der Waals surface area contributed by atoms with Crippen LogP contribution < -0.4 is 5.32 Å². The van der Waals surface area contributed by atoms with Gasteiger partial charge >= 0.3 is 0 Å². The number of amides is 1. The second-order valence-electron chi connectivity index (χ2n) is 6.19. The van der Waals surface area contributed by atoms with Gasteiger partial charge in [-0.1, -0.05) is 11.7 Å². The molecule has 0 aromatic carbocycles. The summed E-state index contributed by atoms with van der Waals surface area (Å²) < 4.78 is 32.9. The first-order chi connectivity index (χ1) is 12.5. The average Bonchev–Trinajstić information content (AvgIpc) is 3.35. The van der Waals surface area contributed by atoms with E-state index in [1.165, 1.54) is 23.6 Å². The molecular formula is C16H17N3O4S3. The first-order valence-corrected chi connectivity index (χ1v) is 11.3. The number of fused-ring (bicyclic) bond motifs is 1. The van der Waals surface area contributed by atoms with Gasteiger partial charge in [0, 0.05) is 24.4 Å². The number of nitrogens with zero attached hydrogens (tertiary/aromatic N) is 2. The highest BCUT2D eigenvalue weighted by molar-refractivity contribution is 8.00. The fourth-order valence-corrected chi connectivity index (χ4v) is 7.98. The maximum absolute atomic E-state index is 13.0. The molecular weight excluding hydrogens is 394 g/mol. The molecule has 3 atom stereocenters. The molecule has 2 aromatic heterocycles. The predicted octanol–water partition coefficient (Wildman–Crippen LogP) is 2.16. The van der Waals surface area contributed by atoms with Crippen LogP contribution in [-0.2, 0) is 14.8 Å². The Bertz CT molecular complexity index is 908. The molecule has 0 saturated carbocycles. The SMILES string of the molecule is C=CC(=O)NC1CC2CN(S(=O)(=O)c3ccc(-c4ccno4)s3)CC2S1. The zero-order valence-electron chi connectivity index (χ0n) is 13.7. The van der Waals surface area contributed by atoms with E-state index in [0.29, 0.717) is 23.1 Å². The Morgan fingerprint density at radius 2 is 2.23 bits per heavy atom. The van der Waals surface area contributed by atoms with Crippen molar-refractivity contribution in [2.75, 3.05) is 13.1 Å². The van der Waals surface area contributed by atoms with Gasteiger partial charge in [0.05, 0.1) is 16.4 Å². The van der Waals surface area contributed by atoms with Gasteiger partial charge in [-0.05, 0) is 30.5 Å². The number of aromatic nitrogens is 1. The number of carbonyl (C=O) groups is 1. The summed E-state index contributed by atoms with van der Waals surface area (Å²) in [4.78, 5) is 12.2. The van der Waals surface area contributed by atoms with Crippen molar-refractivity contribution >= 4 is 39.0 Å². The third-order valence-corrected chi connectivity index (χ3v) is 9.47. The summed E-state index contributed by atoms with van der Waals surface area (Å²) in [6.07, 6.45) is 3.56. The minimum atomic E-state index is -3.52. The quantitative estimate of drug-likeness (QED) is 0.758.